The number of ether oxygens (including phenoxy) is 1. The molecule has 0 fully saturated rings. The summed E-state index contributed by atoms with van der Waals surface area (Å²) in [5, 5.41) is 3.00. The van der Waals surface area contributed by atoms with Crippen molar-refractivity contribution in [2.24, 2.45) is 0 Å². The average molecular weight is 367 g/mol. The van der Waals surface area contributed by atoms with Gasteiger partial charge in [-0.15, -0.1) is 11.3 Å². The van der Waals surface area contributed by atoms with Gasteiger partial charge in [0.1, 0.15) is 0 Å². The summed E-state index contributed by atoms with van der Waals surface area (Å²) in [5.41, 5.74) is 2.18. The fourth-order valence-electron chi connectivity index (χ4n) is 2.32. The summed E-state index contributed by atoms with van der Waals surface area (Å²) >= 11 is 7.46. The van der Waals surface area contributed by atoms with Crippen molar-refractivity contribution >= 4 is 29.0 Å². The van der Waals surface area contributed by atoms with Crippen LogP contribution in [-0.2, 0) is 24.4 Å². The molecule has 0 unspecified atom stereocenters. The third-order valence-corrected chi connectivity index (χ3v) is 4.87. The van der Waals surface area contributed by atoms with E-state index in [9.17, 15) is 4.79 Å². The molecule has 1 N–H and O–H groups in total. The minimum absolute atomic E-state index is 0.0757. The van der Waals surface area contributed by atoms with E-state index in [1.165, 1.54) is 11.3 Å². The molecule has 0 bridgehead atoms. The minimum Gasteiger partial charge on any atom is -0.377 e. The second kappa shape index (κ2) is 9.67. The standard InChI is InChI=1S/C18H23ClN2O2S/c1-3-21(12-16-9-10-17(19)24-16)18(22)20-11-14-7-5-6-8-15(14)13-23-4-2/h5-10H,3-4,11-13H2,1-2H3,(H,20,22). The molecule has 1 aromatic carbocycles. The number of carbonyl (C=O) groups is 1. The Morgan fingerprint density at radius 2 is 1.96 bits per heavy atom. The highest BCUT2D eigenvalue weighted by Gasteiger charge is 2.13. The minimum atomic E-state index is -0.0757. The number of nitrogens with one attached hydrogen (secondary N) is 1. The first-order chi connectivity index (χ1) is 11.6. The fourth-order valence-corrected chi connectivity index (χ4v) is 3.42. The zero-order valence-corrected chi connectivity index (χ0v) is 15.6. The molecule has 2 aromatic rings. The quantitative estimate of drug-likeness (QED) is 0.737. The highest BCUT2D eigenvalue weighted by Crippen LogP contribution is 2.22. The predicted octanol–water partition coefficient (Wildman–Crippen LogP) is 4.67. The maximum Gasteiger partial charge on any atom is 0.317 e. The van der Waals surface area contributed by atoms with Gasteiger partial charge in [0.15, 0.2) is 0 Å². The number of halogens is 1. The summed E-state index contributed by atoms with van der Waals surface area (Å²) in [6.07, 6.45) is 0. The molecular formula is C18H23ClN2O2S. The van der Waals surface area contributed by atoms with Crippen molar-refractivity contribution in [2.45, 2.75) is 33.5 Å². The Morgan fingerprint density at radius 1 is 1.21 bits per heavy atom. The maximum atomic E-state index is 12.4. The molecule has 130 valence electrons. The van der Waals surface area contributed by atoms with Gasteiger partial charge in [-0.05, 0) is 37.1 Å². The Kier molecular flexibility index (Phi) is 7.56. The Bertz CT molecular complexity index is 660. The van der Waals surface area contributed by atoms with Gasteiger partial charge in [0.2, 0.25) is 0 Å². The van der Waals surface area contributed by atoms with E-state index in [0.29, 0.717) is 32.8 Å². The van der Waals surface area contributed by atoms with E-state index < -0.39 is 0 Å². The Balaban J connectivity index is 1.93. The number of rotatable bonds is 8. The van der Waals surface area contributed by atoms with Crippen LogP contribution in [0.1, 0.15) is 29.9 Å². The van der Waals surface area contributed by atoms with E-state index in [1.807, 2.05) is 50.2 Å². The van der Waals surface area contributed by atoms with Crippen LogP contribution >= 0.6 is 22.9 Å². The normalized spacial score (nSPS) is 10.6. The van der Waals surface area contributed by atoms with Gasteiger partial charge in [-0.25, -0.2) is 4.79 Å². The Hall–Kier alpha value is -1.56. The van der Waals surface area contributed by atoms with E-state index >= 15 is 0 Å². The summed E-state index contributed by atoms with van der Waals surface area (Å²) in [6.45, 7) is 6.88. The maximum absolute atomic E-state index is 12.4. The molecule has 0 saturated carbocycles. The van der Waals surface area contributed by atoms with Gasteiger partial charge < -0.3 is 15.0 Å². The van der Waals surface area contributed by atoms with Gasteiger partial charge in [-0.3, -0.25) is 0 Å². The summed E-state index contributed by atoms with van der Waals surface area (Å²) in [6, 6.07) is 11.7. The van der Waals surface area contributed by atoms with Crippen molar-refractivity contribution in [1.29, 1.82) is 0 Å². The molecule has 0 aliphatic carbocycles. The molecule has 0 atom stereocenters. The van der Waals surface area contributed by atoms with E-state index in [1.54, 1.807) is 4.90 Å². The SMILES string of the molecule is CCOCc1ccccc1CNC(=O)N(CC)Cc1ccc(Cl)s1. The van der Waals surface area contributed by atoms with E-state index in [4.69, 9.17) is 16.3 Å². The number of benzene rings is 1. The second-order valence-corrected chi connectivity index (χ2v) is 7.08. The number of thiophene rings is 1. The van der Waals surface area contributed by atoms with Gasteiger partial charge in [0, 0.05) is 24.6 Å². The molecule has 0 radical (unpaired) electrons. The third kappa shape index (κ3) is 5.51. The van der Waals surface area contributed by atoms with Crippen molar-refractivity contribution < 1.29 is 9.53 Å². The Morgan fingerprint density at radius 3 is 2.58 bits per heavy atom. The fraction of sp³-hybridized carbons (Fsp3) is 0.389. The molecule has 2 rings (SSSR count). The van der Waals surface area contributed by atoms with Crippen molar-refractivity contribution in [3.05, 3.63) is 56.7 Å². The number of hydrogen-bond donors (Lipinski definition) is 1. The molecule has 0 aliphatic rings. The molecule has 1 heterocycles. The van der Waals surface area contributed by atoms with Crippen LogP contribution in [0.5, 0.6) is 0 Å². The molecule has 0 aliphatic heterocycles. The topological polar surface area (TPSA) is 41.6 Å². The number of hydrogen-bond acceptors (Lipinski definition) is 3. The highest BCUT2D eigenvalue weighted by atomic mass is 35.5. The van der Waals surface area contributed by atoms with Crippen molar-refractivity contribution in [2.75, 3.05) is 13.2 Å². The summed E-state index contributed by atoms with van der Waals surface area (Å²) in [7, 11) is 0. The first kappa shape index (κ1) is 18.8. The second-order valence-electron chi connectivity index (χ2n) is 5.28. The molecule has 2 amide bonds. The average Bonchev–Trinajstić information content (AvgIpc) is 3.01. The first-order valence-corrected chi connectivity index (χ1v) is 9.25. The molecule has 6 heteroatoms. The predicted molar refractivity (Wildman–Crippen MR) is 99.4 cm³/mol. The van der Waals surface area contributed by atoms with Crippen LogP contribution in [0, 0.1) is 0 Å². The summed E-state index contributed by atoms with van der Waals surface area (Å²) < 4.78 is 6.22. The van der Waals surface area contributed by atoms with Gasteiger partial charge in [-0.2, -0.15) is 0 Å². The van der Waals surface area contributed by atoms with Crippen molar-refractivity contribution in [1.82, 2.24) is 10.2 Å². The summed E-state index contributed by atoms with van der Waals surface area (Å²) in [5.74, 6) is 0. The van der Waals surface area contributed by atoms with Crippen molar-refractivity contribution in [3.8, 4) is 0 Å². The third-order valence-electron chi connectivity index (χ3n) is 3.65. The smallest absolute Gasteiger partial charge is 0.317 e. The Labute approximate surface area is 152 Å². The lowest BCUT2D eigenvalue weighted by atomic mass is 10.1. The van der Waals surface area contributed by atoms with Crippen LogP contribution in [0.4, 0.5) is 4.79 Å². The first-order valence-electron chi connectivity index (χ1n) is 8.05. The highest BCUT2D eigenvalue weighted by molar-refractivity contribution is 7.16. The number of amides is 2. The van der Waals surface area contributed by atoms with Crippen LogP contribution < -0.4 is 5.32 Å². The van der Waals surface area contributed by atoms with Crippen LogP contribution in [0.15, 0.2) is 36.4 Å². The molecule has 24 heavy (non-hydrogen) atoms. The molecule has 4 nitrogen and oxygen atoms in total. The zero-order valence-electron chi connectivity index (χ0n) is 14.0. The lowest BCUT2D eigenvalue weighted by Crippen LogP contribution is -2.39. The largest absolute Gasteiger partial charge is 0.377 e. The molecule has 1 aromatic heterocycles. The van der Waals surface area contributed by atoms with Crippen LogP contribution in [0.3, 0.4) is 0 Å². The van der Waals surface area contributed by atoms with Crippen LogP contribution in [0.25, 0.3) is 0 Å². The molecule has 0 spiro atoms. The number of nitrogens with zero attached hydrogens (tertiary/aromatic N) is 1. The van der Waals surface area contributed by atoms with Gasteiger partial charge in [0.25, 0.3) is 0 Å². The van der Waals surface area contributed by atoms with Crippen molar-refractivity contribution in [3.63, 3.8) is 0 Å². The van der Waals surface area contributed by atoms with E-state index in [2.05, 4.69) is 5.32 Å². The molecular weight excluding hydrogens is 344 g/mol. The number of urea groups is 1. The summed E-state index contributed by atoms with van der Waals surface area (Å²) in [4.78, 5) is 15.3. The van der Waals surface area contributed by atoms with Gasteiger partial charge in [0.05, 0.1) is 17.5 Å². The van der Waals surface area contributed by atoms with E-state index in [0.717, 1.165) is 20.3 Å². The molecule has 0 saturated heterocycles. The van der Waals surface area contributed by atoms with Crippen LogP contribution in [0.2, 0.25) is 4.34 Å². The van der Waals surface area contributed by atoms with Gasteiger partial charge >= 0.3 is 6.03 Å². The van der Waals surface area contributed by atoms with Gasteiger partial charge in [-0.1, -0.05) is 35.9 Å². The van der Waals surface area contributed by atoms with Crippen LogP contribution in [-0.4, -0.2) is 24.1 Å². The lowest BCUT2D eigenvalue weighted by molar-refractivity contribution is 0.133. The lowest BCUT2D eigenvalue weighted by Gasteiger charge is -2.21. The van der Waals surface area contributed by atoms with E-state index in [-0.39, 0.29) is 6.03 Å². The monoisotopic (exact) mass is 366 g/mol. The zero-order chi connectivity index (χ0) is 17.4. The number of carbonyl (C=O) groups excluding carboxylic acids is 1.